The lowest BCUT2D eigenvalue weighted by atomic mass is 9.99. The molecule has 2 fully saturated rings. The quantitative estimate of drug-likeness (QED) is 0.462. The maximum Gasteiger partial charge on any atom is 0.240 e. The Labute approximate surface area is 232 Å². The lowest BCUT2D eigenvalue weighted by Gasteiger charge is -2.40. The Morgan fingerprint density at radius 3 is 3.00 bits per heavy atom. The van der Waals surface area contributed by atoms with Crippen molar-refractivity contribution in [1.82, 2.24) is 25.0 Å². The summed E-state index contributed by atoms with van der Waals surface area (Å²) in [7, 11) is 1.68. The van der Waals surface area contributed by atoms with Crippen LogP contribution >= 0.6 is 0 Å². The molecule has 7 rings (SSSR count). The van der Waals surface area contributed by atoms with Crippen molar-refractivity contribution in [1.29, 1.82) is 0 Å². The number of carbonyl (C=O) groups excluding carboxylic acids is 1. The van der Waals surface area contributed by atoms with Crippen LogP contribution in [0.5, 0.6) is 5.75 Å². The van der Waals surface area contributed by atoms with Crippen molar-refractivity contribution in [2.24, 2.45) is 11.0 Å². The second kappa shape index (κ2) is 10.2. The third kappa shape index (κ3) is 4.30. The number of carbonyl (C=O) groups is 1. The minimum absolute atomic E-state index is 0.126. The molecule has 2 aromatic heterocycles. The Morgan fingerprint density at radius 2 is 2.17 bits per heavy atom. The van der Waals surface area contributed by atoms with Crippen molar-refractivity contribution >= 4 is 34.9 Å². The number of hydrogen-bond acceptors (Lipinski definition) is 6. The molecule has 1 aliphatic carbocycles. The zero-order valence-corrected chi connectivity index (χ0v) is 22.6. The molecule has 1 N–H and O–H groups in total. The SMILES string of the molecule is COc1cc2[nH]nc(C3=C/[N+](=C\C4CCN(C(=O)[C@@H]5CCN5CCF)C4)N=C3)c2nc1-c1cccc2c1CCC2. The van der Waals surface area contributed by atoms with E-state index in [1.165, 1.54) is 11.1 Å². The van der Waals surface area contributed by atoms with Crippen LogP contribution in [0.25, 0.3) is 27.9 Å². The van der Waals surface area contributed by atoms with E-state index < -0.39 is 6.67 Å². The van der Waals surface area contributed by atoms with Crippen LogP contribution in [0.2, 0.25) is 0 Å². The zero-order valence-electron chi connectivity index (χ0n) is 22.6. The summed E-state index contributed by atoms with van der Waals surface area (Å²) in [5.74, 6) is 1.06. The molecule has 10 heteroatoms. The molecule has 0 saturated carbocycles. The minimum Gasteiger partial charge on any atom is -0.494 e. The van der Waals surface area contributed by atoms with E-state index in [0.29, 0.717) is 13.1 Å². The number of hydrazone groups is 1. The van der Waals surface area contributed by atoms with E-state index in [2.05, 4.69) is 39.7 Å². The Bertz CT molecular complexity index is 1580. The molecule has 0 spiro atoms. The van der Waals surface area contributed by atoms with Gasteiger partial charge in [0.15, 0.2) is 6.21 Å². The number of allylic oxidation sites excluding steroid dienone is 1. The molecule has 5 heterocycles. The third-order valence-electron chi connectivity index (χ3n) is 8.68. The van der Waals surface area contributed by atoms with E-state index in [4.69, 9.17) is 9.72 Å². The van der Waals surface area contributed by atoms with E-state index in [0.717, 1.165) is 84.5 Å². The Morgan fingerprint density at radius 1 is 1.25 bits per heavy atom. The molecule has 3 aliphatic heterocycles. The van der Waals surface area contributed by atoms with Gasteiger partial charge in [-0.25, -0.2) is 9.37 Å². The predicted molar refractivity (Wildman–Crippen MR) is 151 cm³/mol. The summed E-state index contributed by atoms with van der Waals surface area (Å²) < 4.78 is 20.3. The number of rotatable bonds is 7. The van der Waals surface area contributed by atoms with Crippen LogP contribution in [0.3, 0.4) is 0 Å². The number of aromatic nitrogens is 3. The van der Waals surface area contributed by atoms with Crippen molar-refractivity contribution < 1.29 is 18.6 Å². The fourth-order valence-corrected chi connectivity index (χ4v) is 6.50. The summed E-state index contributed by atoms with van der Waals surface area (Å²) in [6.45, 7) is 2.11. The van der Waals surface area contributed by atoms with E-state index >= 15 is 0 Å². The molecular formula is C30H33FN7O2+. The molecule has 0 radical (unpaired) electrons. The number of amides is 1. The number of nitrogens with zero attached hydrogens (tertiary/aromatic N) is 6. The van der Waals surface area contributed by atoms with Crippen LogP contribution in [-0.2, 0) is 17.6 Å². The molecule has 9 nitrogen and oxygen atoms in total. The van der Waals surface area contributed by atoms with Gasteiger partial charge in [0, 0.05) is 37.8 Å². The largest absolute Gasteiger partial charge is 0.494 e. The van der Waals surface area contributed by atoms with Crippen molar-refractivity contribution in [3.63, 3.8) is 0 Å². The number of benzene rings is 1. The highest BCUT2D eigenvalue weighted by Gasteiger charge is 2.39. The first-order valence-corrected chi connectivity index (χ1v) is 14.2. The number of hydrogen-bond donors (Lipinski definition) is 1. The monoisotopic (exact) mass is 542 g/mol. The van der Waals surface area contributed by atoms with E-state index in [9.17, 15) is 9.18 Å². The van der Waals surface area contributed by atoms with Gasteiger partial charge in [0.25, 0.3) is 0 Å². The molecule has 206 valence electrons. The van der Waals surface area contributed by atoms with Gasteiger partial charge in [0.1, 0.15) is 35.5 Å². The molecule has 3 aromatic rings. The van der Waals surface area contributed by atoms with Crippen molar-refractivity contribution in [3.05, 3.63) is 47.3 Å². The fourth-order valence-electron chi connectivity index (χ4n) is 6.50. The highest BCUT2D eigenvalue weighted by Crippen LogP contribution is 2.38. The Hall–Kier alpha value is -3.92. The van der Waals surface area contributed by atoms with Crippen LogP contribution < -0.4 is 4.74 Å². The maximum atomic E-state index is 12.9. The van der Waals surface area contributed by atoms with Crippen molar-refractivity contribution in [2.75, 3.05) is 40.0 Å². The highest BCUT2D eigenvalue weighted by molar-refractivity contribution is 6.13. The number of nitrogens with one attached hydrogen (secondary N) is 1. The van der Waals surface area contributed by atoms with Gasteiger partial charge >= 0.3 is 0 Å². The summed E-state index contributed by atoms with van der Waals surface area (Å²) in [5.41, 5.74) is 7.91. The van der Waals surface area contributed by atoms with Crippen LogP contribution in [0.15, 0.2) is 35.6 Å². The van der Waals surface area contributed by atoms with Crippen molar-refractivity contribution in [3.8, 4) is 17.0 Å². The summed E-state index contributed by atoms with van der Waals surface area (Å²) in [6, 6.07) is 8.25. The molecule has 0 bridgehead atoms. The molecule has 2 atom stereocenters. The van der Waals surface area contributed by atoms with Crippen LogP contribution in [0.4, 0.5) is 4.39 Å². The lowest BCUT2D eigenvalue weighted by molar-refractivity contribution is -0.454. The smallest absolute Gasteiger partial charge is 0.240 e. The van der Waals surface area contributed by atoms with Gasteiger partial charge in [-0.2, -0.15) is 5.10 Å². The van der Waals surface area contributed by atoms with Crippen molar-refractivity contribution in [2.45, 2.75) is 38.1 Å². The number of aromatic amines is 1. The average molecular weight is 543 g/mol. The average Bonchev–Trinajstić information content (AvgIpc) is 3.76. The van der Waals surface area contributed by atoms with E-state index in [1.54, 1.807) is 13.3 Å². The number of likely N-dealkylation sites (tertiary alicyclic amines) is 2. The summed E-state index contributed by atoms with van der Waals surface area (Å²) in [6.07, 6.45) is 10.9. The van der Waals surface area contributed by atoms with E-state index in [-0.39, 0.29) is 17.9 Å². The first-order valence-electron chi connectivity index (χ1n) is 14.2. The molecular weight excluding hydrogens is 509 g/mol. The maximum absolute atomic E-state index is 12.9. The van der Waals surface area contributed by atoms with E-state index in [1.807, 2.05) is 26.8 Å². The van der Waals surface area contributed by atoms with Crippen LogP contribution in [-0.4, -0.2) is 94.0 Å². The standard InChI is InChI=1S/C30H33FN7O2/c1-40-26-14-24-29(33-28(26)23-7-3-5-20-4-2-6-22(20)23)27(35-34-24)21-15-32-38(18-21)17-19-8-11-37(16-19)30(39)25-9-12-36(25)13-10-31/h3,5,7,14-15,17-19,25H,2,4,6,8-13,16H2,1H3,(H,34,35)/q+1/b38-17+/t19?,25-/m0/s1. The summed E-state index contributed by atoms with van der Waals surface area (Å²) in [5, 5.41) is 12.3. The number of halogens is 1. The molecule has 4 aliphatic rings. The van der Waals surface area contributed by atoms with Gasteiger partial charge in [-0.3, -0.25) is 14.8 Å². The number of ether oxygens (including phenoxy) is 1. The molecule has 1 amide bonds. The topological polar surface area (TPSA) is 89.7 Å². The Kier molecular flexibility index (Phi) is 6.42. The van der Waals surface area contributed by atoms with Gasteiger partial charge in [0.2, 0.25) is 12.1 Å². The van der Waals surface area contributed by atoms with Gasteiger partial charge < -0.3 is 9.64 Å². The minimum atomic E-state index is -0.411. The highest BCUT2D eigenvalue weighted by atomic mass is 19.1. The Balaban J connectivity index is 1.13. The van der Waals surface area contributed by atoms with Gasteiger partial charge in [-0.05, 0) is 48.3 Å². The predicted octanol–water partition coefficient (Wildman–Crippen LogP) is 3.44. The molecule has 1 aromatic carbocycles. The van der Waals surface area contributed by atoms with Gasteiger partial charge in [-0.1, -0.05) is 22.9 Å². The fraction of sp³-hybridized carbons (Fsp3) is 0.433. The third-order valence-corrected chi connectivity index (χ3v) is 8.68. The number of alkyl halides is 1. The molecule has 40 heavy (non-hydrogen) atoms. The number of methoxy groups -OCH3 is 1. The summed E-state index contributed by atoms with van der Waals surface area (Å²) >= 11 is 0. The van der Waals surface area contributed by atoms with Crippen LogP contribution in [0.1, 0.15) is 36.1 Å². The first-order chi connectivity index (χ1) is 19.6. The van der Waals surface area contributed by atoms with Gasteiger partial charge in [0.05, 0.1) is 30.2 Å². The second-order valence-electron chi connectivity index (χ2n) is 11.0. The lowest BCUT2D eigenvalue weighted by Crippen LogP contribution is -2.57. The second-order valence-corrected chi connectivity index (χ2v) is 11.0. The number of H-pyrrole nitrogens is 1. The number of pyridine rings is 1. The summed E-state index contributed by atoms with van der Waals surface area (Å²) in [4.78, 5) is 21.9. The molecule has 1 unspecified atom stereocenters. The normalized spacial score (nSPS) is 23.2. The first kappa shape index (κ1) is 25.1. The van der Waals surface area contributed by atoms with Gasteiger partial charge in [-0.15, -0.1) is 0 Å². The number of fused-ring (bicyclic) bond motifs is 2. The number of aryl methyl sites for hydroxylation is 1. The van der Waals surface area contributed by atoms with Crippen LogP contribution in [0, 0.1) is 5.92 Å². The zero-order chi connectivity index (χ0) is 27.2. The molecule has 2 saturated heterocycles.